The molecule has 0 heterocycles. The molecule has 1 aromatic carbocycles. The van der Waals surface area contributed by atoms with Crippen LogP contribution in [0.4, 0.5) is 0 Å². The smallest absolute Gasteiger partial charge is 0.241 e. The summed E-state index contributed by atoms with van der Waals surface area (Å²) in [6.45, 7) is 6.12. The first kappa shape index (κ1) is 25.2. The number of rotatable bonds is 11. The molecule has 0 spiro atoms. The lowest BCUT2D eigenvalue weighted by atomic mass is 10.3. The summed E-state index contributed by atoms with van der Waals surface area (Å²) < 4.78 is 16.1. The zero-order chi connectivity index (χ0) is 19.2. The van der Waals surface area contributed by atoms with Crippen LogP contribution in [0.5, 0.6) is 11.5 Å². The number of aliphatic imine (C=N–C) groups is 1. The molecule has 1 atom stereocenters. The lowest BCUT2D eigenvalue weighted by Crippen LogP contribution is -2.42. The maximum absolute atomic E-state index is 11.7. The van der Waals surface area contributed by atoms with E-state index in [-0.39, 0.29) is 42.5 Å². The van der Waals surface area contributed by atoms with Crippen molar-refractivity contribution < 1.29 is 19.0 Å². The largest absolute Gasteiger partial charge is 0.493 e. The average molecular weight is 494 g/mol. The van der Waals surface area contributed by atoms with Crippen molar-refractivity contribution in [2.75, 3.05) is 47.0 Å². The SMILES string of the molecule is CCNC(=NCC(=O)NCCOC)NCC(C)Oc1ccccc1OC.I. The first-order valence-electron chi connectivity index (χ1n) is 8.68. The Labute approximate surface area is 178 Å². The molecule has 0 aromatic heterocycles. The summed E-state index contributed by atoms with van der Waals surface area (Å²) in [7, 11) is 3.20. The van der Waals surface area contributed by atoms with E-state index in [4.69, 9.17) is 14.2 Å². The van der Waals surface area contributed by atoms with Crippen LogP contribution in [-0.2, 0) is 9.53 Å². The molecule has 1 unspecified atom stereocenters. The molecule has 0 radical (unpaired) electrons. The summed E-state index contributed by atoms with van der Waals surface area (Å²) in [6.07, 6.45) is -0.120. The Morgan fingerprint density at radius 1 is 1.15 bits per heavy atom. The highest BCUT2D eigenvalue weighted by Crippen LogP contribution is 2.26. The van der Waals surface area contributed by atoms with E-state index >= 15 is 0 Å². The molecular formula is C18H31IN4O4. The number of hydrogen-bond acceptors (Lipinski definition) is 5. The van der Waals surface area contributed by atoms with Crippen LogP contribution in [0.2, 0.25) is 0 Å². The second-order valence-electron chi connectivity index (χ2n) is 5.50. The Balaban J connectivity index is 0.00000676. The maximum atomic E-state index is 11.7. The van der Waals surface area contributed by atoms with Gasteiger partial charge in [-0.2, -0.15) is 0 Å². The second-order valence-corrected chi connectivity index (χ2v) is 5.50. The molecule has 0 bridgehead atoms. The van der Waals surface area contributed by atoms with Crippen molar-refractivity contribution in [3.63, 3.8) is 0 Å². The summed E-state index contributed by atoms with van der Waals surface area (Å²) in [5.74, 6) is 1.78. The number of nitrogens with one attached hydrogen (secondary N) is 3. The molecular weight excluding hydrogens is 463 g/mol. The first-order valence-corrected chi connectivity index (χ1v) is 8.68. The summed E-state index contributed by atoms with van der Waals surface area (Å²) in [5.41, 5.74) is 0. The molecule has 27 heavy (non-hydrogen) atoms. The summed E-state index contributed by atoms with van der Waals surface area (Å²) in [5, 5.41) is 9.00. The molecule has 1 aromatic rings. The molecule has 3 N–H and O–H groups in total. The van der Waals surface area contributed by atoms with Crippen LogP contribution in [0.1, 0.15) is 13.8 Å². The van der Waals surface area contributed by atoms with Crippen molar-refractivity contribution in [1.82, 2.24) is 16.0 Å². The minimum atomic E-state index is -0.155. The second kappa shape index (κ2) is 15.3. The molecule has 0 fully saturated rings. The van der Waals surface area contributed by atoms with Gasteiger partial charge in [-0.1, -0.05) is 12.1 Å². The highest BCUT2D eigenvalue weighted by Gasteiger charge is 2.09. The molecule has 0 aliphatic rings. The van der Waals surface area contributed by atoms with E-state index < -0.39 is 0 Å². The van der Waals surface area contributed by atoms with E-state index in [2.05, 4.69) is 20.9 Å². The quantitative estimate of drug-likeness (QED) is 0.187. The Kier molecular flexibility index (Phi) is 14.3. The molecule has 1 amide bonds. The molecule has 0 aliphatic heterocycles. The third-order valence-corrected chi connectivity index (χ3v) is 3.31. The maximum Gasteiger partial charge on any atom is 0.241 e. The number of carbonyl (C=O) groups is 1. The van der Waals surface area contributed by atoms with Crippen LogP contribution < -0.4 is 25.4 Å². The van der Waals surface area contributed by atoms with E-state index in [1.165, 1.54) is 0 Å². The molecule has 0 saturated carbocycles. The Bertz CT molecular complexity index is 572. The Morgan fingerprint density at radius 2 is 1.85 bits per heavy atom. The van der Waals surface area contributed by atoms with Gasteiger partial charge in [-0.3, -0.25) is 4.79 Å². The van der Waals surface area contributed by atoms with Crippen LogP contribution in [0, 0.1) is 0 Å². The first-order chi connectivity index (χ1) is 12.6. The number of guanidine groups is 1. The van der Waals surface area contributed by atoms with Crippen molar-refractivity contribution >= 4 is 35.8 Å². The fraction of sp³-hybridized carbons (Fsp3) is 0.556. The van der Waals surface area contributed by atoms with Crippen LogP contribution in [0.25, 0.3) is 0 Å². The normalized spacial score (nSPS) is 11.8. The fourth-order valence-electron chi connectivity index (χ4n) is 2.06. The molecule has 154 valence electrons. The Hall–Kier alpha value is -1.75. The van der Waals surface area contributed by atoms with Crippen molar-refractivity contribution in [3.8, 4) is 11.5 Å². The van der Waals surface area contributed by atoms with Gasteiger partial charge >= 0.3 is 0 Å². The predicted molar refractivity (Wildman–Crippen MR) is 117 cm³/mol. The zero-order valence-electron chi connectivity index (χ0n) is 16.4. The van der Waals surface area contributed by atoms with Gasteiger partial charge in [0.05, 0.1) is 20.3 Å². The molecule has 9 heteroatoms. The van der Waals surface area contributed by atoms with Crippen LogP contribution in [0.15, 0.2) is 29.3 Å². The lowest BCUT2D eigenvalue weighted by molar-refractivity contribution is -0.119. The van der Waals surface area contributed by atoms with Gasteiger partial charge in [0, 0.05) is 20.2 Å². The summed E-state index contributed by atoms with van der Waals surface area (Å²) >= 11 is 0. The number of amides is 1. The van der Waals surface area contributed by atoms with E-state index in [0.717, 1.165) is 0 Å². The highest BCUT2D eigenvalue weighted by molar-refractivity contribution is 14.0. The third kappa shape index (κ3) is 10.9. The fourth-order valence-corrected chi connectivity index (χ4v) is 2.06. The number of para-hydroxylation sites is 2. The van der Waals surface area contributed by atoms with Gasteiger partial charge in [-0.25, -0.2) is 4.99 Å². The van der Waals surface area contributed by atoms with Crippen molar-refractivity contribution in [2.45, 2.75) is 20.0 Å². The molecule has 1 rings (SSSR count). The van der Waals surface area contributed by atoms with E-state index in [1.54, 1.807) is 14.2 Å². The van der Waals surface area contributed by atoms with Gasteiger partial charge in [0.15, 0.2) is 17.5 Å². The Morgan fingerprint density at radius 3 is 2.48 bits per heavy atom. The minimum Gasteiger partial charge on any atom is -0.493 e. The van der Waals surface area contributed by atoms with Gasteiger partial charge in [-0.15, -0.1) is 24.0 Å². The zero-order valence-corrected chi connectivity index (χ0v) is 18.7. The number of carbonyl (C=O) groups excluding carboxylic acids is 1. The number of hydrogen-bond donors (Lipinski definition) is 3. The van der Waals surface area contributed by atoms with E-state index in [9.17, 15) is 4.79 Å². The standard InChI is InChI=1S/C18H30N4O4.HI/c1-5-19-18(22-13-17(23)20-10-11-24-3)21-12-14(2)26-16-9-7-6-8-15(16)25-4;/h6-9,14H,5,10-13H2,1-4H3,(H,20,23)(H2,19,21,22);1H. The highest BCUT2D eigenvalue weighted by atomic mass is 127. The van der Waals surface area contributed by atoms with Gasteiger partial charge in [0.25, 0.3) is 0 Å². The predicted octanol–water partition coefficient (Wildman–Crippen LogP) is 1.40. The monoisotopic (exact) mass is 494 g/mol. The van der Waals surface area contributed by atoms with E-state index in [1.807, 2.05) is 38.1 Å². The molecule has 8 nitrogen and oxygen atoms in total. The van der Waals surface area contributed by atoms with Crippen LogP contribution in [0.3, 0.4) is 0 Å². The number of nitrogens with zero attached hydrogens (tertiary/aromatic N) is 1. The lowest BCUT2D eigenvalue weighted by Gasteiger charge is -2.19. The number of ether oxygens (including phenoxy) is 3. The number of methoxy groups -OCH3 is 2. The number of halogens is 1. The average Bonchev–Trinajstić information content (AvgIpc) is 2.64. The van der Waals surface area contributed by atoms with Gasteiger partial charge in [0.2, 0.25) is 5.91 Å². The van der Waals surface area contributed by atoms with Crippen LogP contribution in [-0.4, -0.2) is 65.0 Å². The van der Waals surface area contributed by atoms with Crippen LogP contribution >= 0.6 is 24.0 Å². The minimum absolute atomic E-state index is 0. The third-order valence-electron chi connectivity index (χ3n) is 3.31. The molecule has 0 saturated heterocycles. The summed E-state index contributed by atoms with van der Waals surface area (Å²) in [4.78, 5) is 16.0. The molecule has 0 aliphatic carbocycles. The van der Waals surface area contributed by atoms with E-state index in [0.29, 0.717) is 43.7 Å². The van der Waals surface area contributed by atoms with Gasteiger partial charge < -0.3 is 30.2 Å². The van der Waals surface area contributed by atoms with Crippen molar-refractivity contribution in [1.29, 1.82) is 0 Å². The van der Waals surface area contributed by atoms with Crippen molar-refractivity contribution in [2.24, 2.45) is 4.99 Å². The van der Waals surface area contributed by atoms with Gasteiger partial charge in [0.1, 0.15) is 12.6 Å². The van der Waals surface area contributed by atoms with Crippen molar-refractivity contribution in [3.05, 3.63) is 24.3 Å². The van der Waals surface area contributed by atoms with Gasteiger partial charge in [-0.05, 0) is 26.0 Å². The summed E-state index contributed by atoms with van der Waals surface area (Å²) in [6, 6.07) is 7.50. The number of benzene rings is 1. The topological polar surface area (TPSA) is 93.2 Å².